The average molecular weight is 343 g/mol. The fraction of sp³-hybridized carbons (Fsp3) is 0.600. The van der Waals surface area contributed by atoms with Crippen molar-refractivity contribution in [1.29, 1.82) is 0 Å². The second-order valence-corrected chi connectivity index (χ2v) is 7.27. The quantitative estimate of drug-likeness (QED) is 0.891. The van der Waals surface area contributed by atoms with Gasteiger partial charge in [-0.25, -0.2) is 0 Å². The summed E-state index contributed by atoms with van der Waals surface area (Å²) in [6, 6.07) is 8.38. The lowest BCUT2D eigenvalue weighted by atomic mass is 9.97. The highest BCUT2D eigenvalue weighted by molar-refractivity contribution is 5.80. The van der Waals surface area contributed by atoms with Crippen LogP contribution in [0.3, 0.4) is 0 Å². The summed E-state index contributed by atoms with van der Waals surface area (Å²) in [5, 5.41) is 3.10. The number of carbonyl (C=O) groups is 2. The fourth-order valence-corrected chi connectivity index (χ4v) is 3.87. The molecule has 0 unspecified atom stereocenters. The van der Waals surface area contributed by atoms with E-state index in [4.69, 9.17) is 0 Å². The van der Waals surface area contributed by atoms with E-state index in [1.165, 1.54) is 37.1 Å². The number of likely N-dealkylation sites (tertiary alicyclic amines) is 2. The smallest absolute Gasteiger partial charge is 0.225 e. The lowest BCUT2D eigenvalue weighted by molar-refractivity contribution is -0.134. The molecule has 2 heterocycles. The van der Waals surface area contributed by atoms with Crippen LogP contribution in [0, 0.1) is 5.92 Å². The Morgan fingerprint density at radius 3 is 2.52 bits per heavy atom. The Morgan fingerprint density at radius 1 is 1.08 bits per heavy atom. The van der Waals surface area contributed by atoms with Crippen LogP contribution < -0.4 is 5.32 Å². The molecular formula is C20H29N3O2. The summed E-state index contributed by atoms with van der Waals surface area (Å²) in [4.78, 5) is 28.3. The van der Waals surface area contributed by atoms with E-state index in [2.05, 4.69) is 28.4 Å². The van der Waals surface area contributed by atoms with Crippen molar-refractivity contribution in [3.05, 3.63) is 35.4 Å². The maximum atomic E-state index is 12.5. The highest BCUT2D eigenvalue weighted by Crippen LogP contribution is 2.18. The predicted octanol–water partition coefficient (Wildman–Crippen LogP) is 2.16. The summed E-state index contributed by atoms with van der Waals surface area (Å²) in [6.07, 6.45) is 4.34. The van der Waals surface area contributed by atoms with Crippen LogP contribution >= 0.6 is 0 Å². The molecule has 1 aromatic carbocycles. The summed E-state index contributed by atoms with van der Waals surface area (Å²) in [6.45, 7) is 6.78. The zero-order chi connectivity index (χ0) is 17.6. The first-order valence-electron chi connectivity index (χ1n) is 9.46. The topological polar surface area (TPSA) is 52.7 Å². The normalized spacial score (nSPS) is 21.3. The molecule has 3 rings (SSSR count). The van der Waals surface area contributed by atoms with Gasteiger partial charge in [-0.3, -0.25) is 14.5 Å². The molecule has 2 fully saturated rings. The number of rotatable bonds is 5. The molecule has 1 N–H and O–H groups in total. The molecule has 0 spiro atoms. The SMILES string of the molecule is CC(=O)N1CCC[C@H](C(=O)NCc2ccccc2CN2CCCC2)C1. The van der Waals surface area contributed by atoms with Gasteiger partial charge in [-0.1, -0.05) is 24.3 Å². The van der Waals surface area contributed by atoms with Crippen molar-refractivity contribution in [2.75, 3.05) is 26.2 Å². The lowest BCUT2D eigenvalue weighted by Gasteiger charge is -2.31. The molecule has 2 aliphatic rings. The summed E-state index contributed by atoms with van der Waals surface area (Å²) in [5.74, 6) is 0.0544. The Hall–Kier alpha value is -1.88. The van der Waals surface area contributed by atoms with Crippen LogP contribution in [0.4, 0.5) is 0 Å². The molecule has 2 aliphatic heterocycles. The van der Waals surface area contributed by atoms with Gasteiger partial charge in [0.15, 0.2) is 0 Å². The highest BCUT2D eigenvalue weighted by Gasteiger charge is 2.26. The molecule has 5 nitrogen and oxygen atoms in total. The van der Waals surface area contributed by atoms with Crippen LogP contribution in [-0.2, 0) is 22.7 Å². The van der Waals surface area contributed by atoms with Gasteiger partial charge in [-0.15, -0.1) is 0 Å². The van der Waals surface area contributed by atoms with Gasteiger partial charge in [0.05, 0.1) is 5.92 Å². The predicted molar refractivity (Wildman–Crippen MR) is 97.8 cm³/mol. The summed E-state index contributed by atoms with van der Waals surface area (Å²) in [5.41, 5.74) is 2.50. The Kier molecular flexibility index (Phi) is 6.08. The van der Waals surface area contributed by atoms with E-state index in [9.17, 15) is 9.59 Å². The van der Waals surface area contributed by atoms with Gasteiger partial charge < -0.3 is 10.2 Å². The van der Waals surface area contributed by atoms with Gasteiger partial charge in [0.1, 0.15) is 0 Å². The van der Waals surface area contributed by atoms with E-state index >= 15 is 0 Å². The van der Waals surface area contributed by atoms with Gasteiger partial charge in [0, 0.05) is 33.1 Å². The summed E-state index contributed by atoms with van der Waals surface area (Å²) in [7, 11) is 0. The molecule has 5 heteroatoms. The van der Waals surface area contributed by atoms with Crippen molar-refractivity contribution in [3.8, 4) is 0 Å². The third kappa shape index (κ3) is 4.82. The van der Waals surface area contributed by atoms with Gasteiger partial charge >= 0.3 is 0 Å². The van der Waals surface area contributed by atoms with Crippen LogP contribution in [0.5, 0.6) is 0 Å². The highest BCUT2D eigenvalue weighted by atomic mass is 16.2. The summed E-state index contributed by atoms with van der Waals surface area (Å²) >= 11 is 0. The molecule has 25 heavy (non-hydrogen) atoms. The molecule has 1 aromatic rings. The molecule has 1 atom stereocenters. The largest absolute Gasteiger partial charge is 0.352 e. The van der Waals surface area contributed by atoms with E-state index in [0.29, 0.717) is 13.1 Å². The van der Waals surface area contributed by atoms with Crippen molar-refractivity contribution < 1.29 is 9.59 Å². The van der Waals surface area contributed by atoms with Crippen LogP contribution in [0.1, 0.15) is 43.7 Å². The minimum Gasteiger partial charge on any atom is -0.352 e. The third-order valence-electron chi connectivity index (χ3n) is 5.40. The number of amides is 2. The lowest BCUT2D eigenvalue weighted by Crippen LogP contribution is -2.44. The van der Waals surface area contributed by atoms with Crippen molar-refractivity contribution in [2.45, 2.75) is 45.7 Å². The van der Waals surface area contributed by atoms with Crippen LogP contribution in [0.25, 0.3) is 0 Å². The first-order valence-corrected chi connectivity index (χ1v) is 9.46. The van der Waals surface area contributed by atoms with E-state index in [-0.39, 0.29) is 17.7 Å². The van der Waals surface area contributed by atoms with Gasteiger partial charge in [-0.2, -0.15) is 0 Å². The zero-order valence-electron chi connectivity index (χ0n) is 15.2. The minimum absolute atomic E-state index is 0.0634. The number of hydrogen-bond acceptors (Lipinski definition) is 3. The number of hydrogen-bond donors (Lipinski definition) is 1. The van der Waals surface area contributed by atoms with Crippen molar-refractivity contribution in [2.24, 2.45) is 5.92 Å². The number of carbonyl (C=O) groups excluding carboxylic acids is 2. The number of nitrogens with zero attached hydrogens (tertiary/aromatic N) is 2. The van der Waals surface area contributed by atoms with Crippen molar-refractivity contribution in [3.63, 3.8) is 0 Å². The minimum atomic E-state index is -0.0802. The second kappa shape index (κ2) is 8.48. The fourth-order valence-electron chi connectivity index (χ4n) is 3.87. The average Bonchev–Trinajstić information content (AvgIpc) is 3.14. The first-order chi connectivity index (χ1) is 12.1. The Morgan fingerprint density at radius 2 is 1.80 bits per heavy atom. The Balaban J connectivity index is 1.55. The summed E-state index contributed by atoms with van der Waals surface area (Å²) < 4.78 is 0. The van der Waals surface area contributed by atoms with Gasteiger partial charge in [-0.05, 0) is 49.9 Å². The van der Waals surface area contributed by atoms with Gasteiger partial charge in [0.2, 0.25) is 11.8 Å². The van der Waals surface area contributed by atoms with Gasteiger partial charge in [0.25, 0.3) is 0 Å². The number of benzene rings is 1. The van der Waals surface area contributed by atoms with Crippen molar-refractivity contribution >= 4 is 11.8 Å². The van der Waals surface area contributed by atoms with E-state index in [1.807, 2.05) is 6.07 Å². The molecule has 0 aromatic heterocycles. The van der Waals surface area contributed by atoms with Crippen LogP contribution in [-0.4, -0.2) is 47.8 Å². The first kappa shape index (κ1) is 17.9. The standard InChI is InChI=1S/C20H29N3O2/c1-16(24)23-12-6-9-19(15-23)20(25)21-13-17-7-2-3-8-18(17)14-22-10-4-5-11-22/h2-3,7-8,19H,4-6,9-15H2,1H3,(H,21,25)/t19-/m0/s1. The zero-order valence-corrected chi connectivity index (χ0v) is 15.2. The Bertz CT molecular complexity index is 611. The van der Waals surface area contributed by atoms with E-state index in [1.54, 1.807) is 11.8 Å². The maximum absolute atomic E-state index is 12.5. The van der Waals surface area contributed by atoms with Crippen LogP contribution in [0.15, 0.2) is 24.3 Å². The van der Waals surface area contributed by atoms with E-state index < -0.39 is 0 Å². The van der Waals surface area contributed by atoms with E-state index in [0.717, 1.165) is 25.9 Å². The van der Waals surface area contributed by atoms with Crippen molar-refractivity contribution in [1.82, 2.24) is 15.1 Å². The third-order valence-corrected chi connectivity index (χ3v) is 5.40. The monoisotopic (exact) mass is 343 g/mol. The maximum Gasteiger partial charge on any atom is 0.225 e. The molecule has 2 saturated heterocycles. The molecule has 136 valence electrons. The Labute approximate surface area is 150 Å². The number of nitrogens with one attached hydrogen (secondary N) is 1. The molecule has 0 bridgehead atoms. The van der Waals surface area contributed by atoms with Crippen LogP contribution in [0.2, 0.25) is 0 Å². The molecule has 0 saturated carbocycles. The molecule has 0 aliphatic carbocycles. The molecule has 2 amide bonds. The molecule has 0 radical (unpaired) electrons. The molecular weight excluding hydrogens is 314 g/mol. The number of piperidine rings is 1. The second-order valence-electron chi connectivity index (χ2n) is 7.27.